The van der Waals surface area contributed by atoms with Crippen LogP contribution < -0.4 is 4.90 Å². The molecule has 0 aliphatic carbocycles. The highest BCUT2D eigenvalue weighted by atomic mass is 32.2. The van der Waals surface area contributed by atoms with E-state index in [9.17, 15) is 8.42 Å². The number of morpholine rings is 1. The highest BCUT2D eigenvalue weighted by Gasteiger charge is 2.29. The lowest BCUT2D eigenvalue weighted by Gasteiger charge is -2.31. The molecule has 1 saturated heterocycles. The summed E-state index contributed by atoms with van der Waals surface area (Å²) in [6, 6.07) is 5.70. The second kappa shape index (κ2) is 6.07. The summed E-state index contributed by atoms with van der Waals surface area (Å²) in [6.45, 7) is 2.81. The maximum absolute atomic E-state index is 11.9. The van der Waals surface area contributed by atoms with E-state index in [2.05, 4.69) is 4.98 Å². The summed E-state index contributed by atoms with van der Waals surface area (Å²) in [5, 5.41) is 0. The fourth-order valence-corrected chi connectivity index (χ4v) is 3.19. The second-order valence-electron chi connectivity index (χ2n) is 4.93. The van der Waals surface area contributed by atoms with Crippen molar-refractivity contribution < 1.29 is 13.2 Å². The minimum atomic E-state index is -3.17. The molecule has 0 N–H and O–H groups in total. The Labute approximate surface area is 120 Å². The average molecular weight is 299 g/mol. The van der Waals surface area contributed by atoms with Crippen LogP contribution in [0.25, 0.3) is 0 Å². The van der Waals surface area contributed by atoms with Crippen LogP contribution in [0.1, 0.15) is 18.7 Å². The Bertz CT molecular complexity index is 560. The van der Waals surface area contributed by atoms with Gasteiger partial charge >= 0.3 is 0 Å². The fourth-order valence-electron chi connectivity index (χ4n) is 2.11. The third-order valence-electron chi connectivity index (χ3n) is 3.33. The molecule has 1 aromatic rings. The maximum atomic E-state index is 11.9. The van der Waals surface area contributed by atoms with E-state index in [0.717, 1.165) is 11.5 Å². The second-order valence-corrected chi connectivity index (χ2v) is 7.19. The zero-order valence-corrected chi connectivity index (χ0v) is 12.9. The third-order valence-corrected chi connectivity index (χ3v) is 5.18. The molecule has 6 nitrogen and oxygen atoms in total. The summed E-state index contributed by atoms with van der Waals surface area (Å²) >= 11 is 0. The third kappa shape index (κ3) is 3.28. The fraction of sp³-hybridized carbons (Fsp3) is 0.615. The molecule has 1 fully saturated rings. The number of sulfonamides is 1. The summed E-state index contributed by atoms with van der Waals surface area (Å²) in [7, 11) is 0.663. The molecule has 1 aromatic heterocycles. The van der Waals surface area contributed by atoms with Gasteiger partial charge in [-0.1, -0.05) is 6.07 Å². The molecular weight excluding hydrogens is 278 g/mol. The smallest absolute Gasteiger partial charge is 0.214 e. The molecule has 1 aliphatic heterocycles. The van der Waals surface area contributed by atoms with Crippen LogP contribution in [-0.2, 0) is 14.8 Å². The summed E-state index contributed by atoms with van der Waals surface area (Å²) in [6.07, 6.45) is -0.301. The van der Waals surface area contributed by atoms with E-state index in [1.165, 1.54) is 4.31 Å². The van der Waals surface area contributed by atoms with Gasteiger partial charge in [-0.05, 0) is 19.1 Å². The quantitative estimate of drug-likeness (QED) is 0.825. The Balaban J connectivity index is 2.19. The predicted octanol–water partition coefficient (Wildman–Crippen LogP) is 0.871. The van der Waals surface area contributed by atoms with Crippen LogP contribution in [0.15, 0.2) is 18.2 Å². The largest absolute Gasteiger partial charge is 0.369 e. The van der Waals surface area contributed by atoms with Crippen molar-refractivity contribution in [2.45, 2.75) is 13.0 Å². The van der Waals surface area contributed by atoms with Gasteiger partial charge in [0, 0.05) is 27.2 Å². The molecule has 0 radical (unpaired) electrons. The standard InChI is InChI=1S/C13H21N3O3S/c1-4-20(17,18)16-8-9-19-12(10-16)11-6-5-7-13(14-11)15(2)3/h5-7,12H,4,8-10H2,1-3H3/t12-/m0/s1. The predicted molar refractivity (Wildman–Crippen MR) is 78.3 cm³/mol. The first-order chi connectivity index (χ1) is 9.44. The number of hydrogen-bond donors (Lipinski definition) is 0. The van der Waals surface area contributed by atoms with Crippen molar-refractivity contribution in [1.29, 1.82) is 0 Å². The van der Waals surface area contributed by atoms with Gasteiger partial charge in [-0.25, -0.2) is 13.4 Å². The molecule has 0 spiro atoms. The van der Waals surface area contributed by atoms with Crippen molar-refractivity contribution in [3.8, 4) is 0 Å². The van der Waals surface area contributed by atoms with E-state index in [0.29, 0.717) is 19.7 Å². The molecule has 0 bridgehead atoms. The van der Waals surface area contributed by atoms with Crippen LogP contribution in [0.4, 0.5) is 5.82 Å². The summed E-state index contributed by atoms with van der Waals surface area (Å²) in [5.74, 6) is 0.951. The lowest BCUT2D eigenvalue weighted by molar-refractivity contribution is -0.00483. The first kappa shape index (κ1) is 15.2. The minimum absolute atomic E-state index is 0.116. The zero-order valence-electron chi connectivity index (χ0n) is 12.1. The van der Waals surface area contributed by atoms with E-state index in [4.69, 9.17) is 4.74 Å². The first-order valence-electron chi connectivity index (χ1n) is 6.67. The van der Waals surface area contributed by atoms with Gasteiger partial charge < -0.3 is 9.64 Å². The monoisotopic (exact) mass is 299 g/mol. The highest BCUT2D eigenvalue weighted by molar-refractivity contribution is 7.89. The van der Waals surface area contributed by atoms with Gasteiger partial charge in [0.15, 0.2) is 0 Å². The van der Waals surface area contributed by atoms with Crippen LogP contribution in [-0.4, -0.2) is 57.3 Å². The lowest BCUT2D eigenvalue weighted by Crippen LogP contribution is -2.43. The minimum Gasteiger partial charge on any atom is -0.369 e. The number of hydrogen-bond acceptors (Lipinski definition) is 5. The van der Waals surface area contributed by atoms with Crippen molar-refractivity contribution in [1.82, 2.24) is 9.29 Å². The molecule has 0 amide bonds. The van der Waals surface area contributed by atoms with Crippen molar-refractivity contribution in [2.24, 2.45) is 0 Å². The Hall–Kier alpha value is -1.18. The summed E-state index contributed by atoms with van der Waals surface area (Å²) in [5.41, 5.74) is 0.771. The molecule has 0 aromatic carbocycles. The molecule has 20 heavy (non-hydrogen) atoms. The van der Waals surface area contributed by atoms with Crippen LogP contribution in [0, 0.1) is 0 Å². The lowest BCUT2D eigenvalue weighted by atomic mass is 10.2. The highest BCUT2D eigenvalue weighted by Crippen LogP contribution is 2.24. The van der Waals surface area contributed by atoms with Crippen molar-refractivity contribution in [3.63, 3.8) is 0 Å². The molecule has 7 heteroatoms. The van der Waals surface area contributed by atoms with Crippen LogP contribution >= 0.6 is 0 Å². The molecule has 2 rings (SSSR count). The molecule has 1 atom stereocenters. The Morgan fingerprint density at radius 3 is 2.85 bits per heavy atom. The Morgan fingerprint density at radius 2 is 2.20 bits per heavy atom. The number of anilines is 1. The van der Waals surface area contributed by atoms with Crippen LogP contribution in [0.2, 0.25) is 0 Å². The van der Waals surface area contributed by atoms with Gasteiger partial charge in [-0.15, -0.1) is 0 Å². The molecule has 0 saturated carbocycles. The van der Waals surface area contributed by atoms with Crippen LogP contribution in [0.3, 0.4) is 0 Å². The Kier molecular flexibility index (Phi) is 4.62. The first-order valence-corrected chi connectivity index (χ1v) is 8.28. The van der Waals surface area contributed by atoms with Gasteiger partial charge in [0.05, 0.1) is 18.1 Å². The van der Waals surface area contributed by atoms with Gasteiger partial charge in [-0.2, -0.15) is 4.31 Å². The van der Waals surface area contributed by atoms with E-state index < -0.39 is 10.0 Å². The number of ether oxygens (including phenoxy) is 1. The van der Waals surface area contributed by atoms with Crippen molar-refractivity contribution in [3.05, 3.63) is 23.9 Å². The molecule has 0 unspecified atom stereocenters. The van der Waals surface area contributed by atoms with E-state index in [1.54, 1.807) is 6.92 Å². The number of rotatable bonds is 4. The normalized spacial score (nSPS) is 20.9. The van der Waals surface area contributed by atoms with Crippen LogP contribution in [0.5, 0.6) is 0 Å². The number of aromatic nitrogens is 1. The average Bonchev–Trinajstić information content (AvgIpc) is 2.47. The SMILES string of the molecule is CCS(=O)(=O)N1CCO[C@H](c2cccc(N(C)C)n2)C1. The van der Waals surface area contributed by atoms with E-state index in [-0.39, 0.29) is 11.9 Å². The molecular formula is C13H21N3O3S. The van der Waals surface area contributed by atoms with E-state index >= 15 is 0 Å². The van der Waals surface area contributed by atoms with Gasteiger partial charge in [-0.3, -0.25) is 0 Å². The summed E-state index contributed by atoms with van der Waals surface area (Å²) < 4.78 is 31.1. The Morgan fingerprint density at radius 1 is 1.45 bits per heavy atom. The molecule has 112 valence electrons. The topological polar surface area (TPSA) is 62.7 Å². The van der Waals surface area contributed by atoms with Crippen molar-refractivity contribution >= 4 is 15.8 Å². The van der Waals surface area contributed by atoms with Crippen molar-refractivity contribution in [2.75, 3.05) is 44.4 Å². The summed E-state index contributed by atoms with van der Waals surface area (Å²) in [4.78, 5) is 6.43. The van der Waals surface area contributed by atoms with E-state index in [1.807, 2.05) is 37.2 Å². The number of pyridine rings is 1. The van der Waals surface area contributed by atoms with Gasteiger partial charge in [0.25, 0.3) is 0 Å². The molecule has 1 aliphatic rings. The molecule has 2 heterocycles. The maximum Gasteiger partial charge on any atom is 0.214 e. The zero-order chi connectivity index (χ0) is 14.8. The van der Waals surface area contributed by atoms with Gasteiger partial charge in [0.2, 0.25) is 10.0 Å². The number of nitrogens with zero attached hydrogens (tertiary/aromatic N) is 3. The van der Waals surface area contributed by atoms with Gasteiger partial charge in [0.1, 0.15) is 11.9 Å².